The molecule has 1 amide bonds. The molecule has 1 aliphatic rings. The quantitative estimate of drug-likeness (QED) is 0.897. The van der Waals surface area contributed by atoms with Gasteiger partial charge in [-0.15, -0.1) is 0 Å². The second-order valence-corrected chi connectivity index (χ2v) is 5.83. The second kappa shape index (κ2) is 5.98. The summed E-state index contributed by atoms with van der Waals surface area (Å²) in [5.41, 5.74) is 0.659. The summed E-state index contributed by atoms with van der Waals surface area (Å²) in [6, 6.07) is 5.53. The van der Waals surface area contributed by atoms with Crippen LogP contribution in [-0.2, 0) is 4.74 Å². The van der Waals surface area contributed by atoms with Crippen LogP contribution in [0.3, 0.4) is 0 Å². The molecular weight excluding hydrogens is 350 g/mol. The van der Waals surface area contributed by atoms with Crippen LogP contribution < -0.4 is 5.32 Å². The standard InChI is InChI=1S/C12H13Br2NO2/c13-9-1-2-10(11(14)5-9)12(16)15-6-8-3-4-17-7-8/h1-2,5,8H,3-4,6-7H2,(H,15,16). The molecule has 0 bridgehead atoms. The van der Waals surface area contributed by atoms with Gasteiger partial charge in [-0.3, -0.25) is 4.79 Å². The van der Waals surface area contributed by atoms with Crippen molar-refractivity contribution in [1.82, 2.24) is 5.32 Å². The lowest BCUT2D eigenvalue weighted by atomic mass is 10.1. The maximum absolute atomic E-state index is 11.9. The van der Waals surface area contributed by atoms with Crippen molar-refractivity contribution in [2.45, 2.75) is 6.42 Å². The molecule has 0 aromatic heterocycles. The van der Waals surface area contributed by atoms with E-state index in [2.05, 4.69) is 37.2 Å². The third kappa shape index (κ3) is 3.53. The zero-order valence-corrected chi connectivity index (χ0v) is 12.4. The molecule has 1 aliphatic heterocycles. The zero-order chi connectivity index (χ0) is 12.3. The van der Waals surface area contributed by atoms with Gasteiger partial charge in [0.15, 0.2) is 0 Å². The SMILES string of the molecule is O=C(NCC1CCOC1)c1ccc(Br)cc1Br. The topological polar surface area (TPSA) is 38.3 Å². The maximum Gasteiger partial charge on any atom is 0.252 e. The normalized spacial score (nSPS) is 19.3. The highest BCUT2D eigenvalue weighted by atomic mass is 79.9. The molecule has 17 heavy (non-hydrogen) atoms. The molecule has 1 fully saturated rings. The fourth-order valence-corrected chi connectivity index (χ4v) is 2.98. The Morgan fingerprint density at radius 3 is 2.94 bits per heavy atom. The number of nitrogens with one attached hydrogen (secondary N) is 1. The summed E-state index contributed by atoms with van der Waals surface area (Å²) in [6.07, 6.45) is 1.03. The summed E-state index contributed by atoms with van der Waals surface area (Å²) in [4.78, 5) is 11.9. The first-order valence-electron chi connectivity index (χ1n) is 5.48. The average Bonchev–Trinajstić information content (AvgIpc) is 2.78. The van der Waals surface area contributed by atoms with E-state index in [0.29, 0.717) is 18.0 Å². The Labute approximate surface area is 117 Å². The van der Waals surface area contributed by atoms with Crippen molar-refractivity contribution in [2.75, 3.05) is 19.8 Å². The van der Waals surface area contributed by atoms with Gasteiger partial charge in [0, 0.05) is 28.0 Å². The van der Waals surface area contributed by atoms with Crippen molar-refractivity contribution in [3.63, 3.8) is 0 Å². The lowest BCUT2D eigenvalue weighted by Crippen LogP contribution is -2.29. The number of hydrogen-bond donors (Lipinski definition) is 1. The number of rotatable bonds is 3. The summed E-state index contributed by atoms with van der Waals surface area (Å²) in [5, 5.41) is 2.94. The van der Waals surface area contributed by atoms with E-state index in [0.717, 1.165) is 28.6 Å². The van der Waals surface area contributed by atoms with Gasteiger partial charge in [-0.25, -0.2) is 0 Å². The van der Waals surface area contributed by atoms with E-state index in [1.165, 1.54) is 0 Å². The van der Waals surface area contributed by atoms with E-state index in [4.69, 9.17) is 4.74 Å². The van der Waals surface area contributed by atoms with Gasteiger partial charge in [0.2, 0.25) is 0 Å². The summed E-state index contributed by atoms with van der Waals surface area (Å²) >= 11 is 6.75. The Hall–Kier alpha value is -0.390. The minimum absolute atomic E-state index is 0.0451. The molecule has 1 saturated heterocycles. The zero-order valence-electron chi connectivity index (χ0n) is 9.21. The monoisotopic (exact) mass is 361 g/mol. The van der Waals surface area contributed by atoms with E-state index in [-0.39, 0.29) is 5.91 Å². The van der Waals surface area contributed by atoms with Crippen LogP contribution in [0.1, 0.15) is 16.8 Å². The molecule has 1 unspecified atom stereocenters. The molecule has 0 aliphatic carbocycles. The Morgan fingerprint density at radius 1 is 1.47 bits per heavy atom. The molecule has 1 N–H and O–H groups in total. The van der Waals surface area contributed by atoms with Gasteiger partial charge in [0.1, 0.15) is 0 Å². The number of amides is 1. The van der Waals surface area contributed by atoms with Gasteiger partial charge >= 0.3 is 0 Å². The van der Waals surface area contributed by atoms with Crippen molar-refractivity contribution in [1.29, 1.82) is 0 Å². The van der Waals surface area contributed by atoms with E-state index >= 15 is 0 Å². The summed E-state index contributed by atoms with van der Waals surface area (Å²) < 4.78 is 7.02. The van der Waals surface area contributed by atoms with Gasteiger partial charge in [0.05, 0.1) is 12.2 Å². The van der Waals surface area contributed by atoms with Crippen LogP contribution in [0.4, 0.5) is 0 Å². The molecule has 92 valence electrons. The molecule has 3 nitrogen and oxygen atoms in total. The number of carbonyl (C=O) groups excluding carboxylic acids is 1. The van der Waals surface area contributed by atoms with E-state index in [1.807, 2.05) is 12.1 Å². The smallest absolute Gasteiger partial charge is 0.252 e. The first-order valence-corrected chi connectivity index (χ1v) is 7.06. The lowest BCUT2D eigenvalue weighted by Gasteiger charge is -2.10. The highest BCUT2D eigenvalue weighted by Crippen LogP contribution is 2.22. The molecular formula is C12H13Br2NO2. The van der Waals surface area contributed by atoms with Gasteiger partial charge in [-0.1, -0.05) is 15.9 Å². The first kappa shape index (κ1) is 13.1. The molecule has 0 saturated carbocycles. The summed E-state index contributed by atoms with van der Waals surface area (Å²) in [5.74, 6) is 0.407. The molecule has 1 aromatic carbocycles. The van der Waals surface area contributed by atoms with Crippen LogP contribution in [0.2, 0.25) is 0 Å². The van der Waals surface area contributed by atoms with Crippen LogP contribution in [0, 0.1) is 5.92 Å². The van der Waals surface area contributed by atoms with Crippen molar-refractivity contribution < 1.29 is 9.53 Å². The molecule has 1 aromatic rings. The fraction of sp³-hybridized carbons (Fsp3) is 0.417. The van der Waals surface area contributed by atoms with Gasteiger partial charge in [-0.05, 0) is 40.5 Å². The second-order valence-electron chi connectivity index (χ2n) is 4.06. The van der Waals surface area contributed by atoms with Crippen LogP contribution in [0.15, 0.2) is 27.1 Å². The highest BCUT2D eigenvalue weighted by molar-refractivity contribution is 9.11. The predicted octanol–water partition coefficient (Wildman–Crippen LogP) is 2.98. The number of ether oxygens (including phenoxy) is 1. The minimum atomic E-state index is -0.0451. The van der Waals surface area contributed by atoms with Crippen LogP contribution in [-0.4, -0.2) is 25.7 Å². The van der Waals surface area contributed by atoms with Gasteiger partial charge < -0.3 is 10.1 Å². The average molecular weight is 363 g/mol. The Morgan fingerprint density at radius 2 is 2.29 bits per heavy atom. The Kier molecular flexibility index (Phi) is 4.59. The van der Waals surface area contributed by atoms with Crippen molar-refractivity contribution in [3.8, 4) is 0 Å². The third-order valence-corrected chi connectivity index (χ3v) is 3.90. The van der Waals surface area contributed by atoms with E-state index in [9.17, 15) is 4.79 Å². The highest BCUT2D eigenvalue weighted by Gasteiger charge is 2.17. The summed E-state index contributed by atoms with van der Waals surface area (Å²) in [7, 11) is 0. The molecule has 0 spiro atoms. The molecule has 1 heterocycles. The van der Waals surface area contributed by atoms with Crippen LogP contribution >= 0.6 is 31.9 Å². The molecule has 2 rings (SSSR count). The Balaban J connectivity index is 1.94. The van der Waals surface area contributed by atoms with Gasteiger partial charge in [-0.2, -0.15) is 0 Å². The summed E-state index contributed by atoms with van der Waals surface area (Å²) in [6.45, 7) is 2.24. The molecule has 5 heteroatoms. The predicted molar refractivity (Wildman–Crippen MR) is 73.1 cm³/mol. The molecule has 1 atom stereocenters. The number of hydrogen-bond acceptors (Lipinski definition) is 2. The first-order chi connectivity index (χ1) is 8.16. The maximum atomic E-state index is 11.9. The van der Waals surface area contributed by atoms with Gasteiger partial charge in [0.25, 0.3) is 5.91 Å². The number of halogens is 2. The fourth-order valence-electron chi connectivity index (χ4n) is 1.75. The van der Waals surface area contributed by atoms with Crippen LogP contribution in [0.25, 0.3) is 0 Å². The van der Waals surface area contributed by atoms with Crippen molar-refractivity contribution in [2.24, 2.45) is 5.92 Å². The minimum Gasteiger partial charge on any atom is -0.381 e. The van der Waals surface area contributed by atoms with E-state index in [1.54, 1.807) is 6.07 Å². The van der Waals surface area contributed by atoms with E-state index < -0.39 is 0 Å². The number of carbonyl (C=O) groups is 1. The number of benzene rings is 1. The third-order valence-electron chi connectivity index (χ3n) is 2.75. The Bertz CT molecular complexity index is 417. The van der Waals surface area contributed by atoms with Crippen molar-refractivity contribution >= 4 is 37.8 Å². The van der Waals surface area contributed by atoms with Crippen molar-refractivity contribution in [3.05, 3.63) is 32.7 Å². The van der Waals surface area contributed by atoms with Crippen LogP contribution in [0.5, 0.6) is 0 Å². The lowest BCUT2D eigenvalue weighted by molar-refractivity contribution is 0.0944. The molecule has 0 radical (unpaired) electrons. The largest absolute Gasteiger partial charge is 0.381 e.